The Bertz CT molecular complexity index is 388. The molecule has 0 aliphatic rings. The quantitative estimate of drug-likeness (QED) is 0.792. The zero-order valence-electron chi connectivity index (χ0n) is 10.1. The first kappa shape index (κ1) is 17.2. The van der Waals surface area contributed by atoms with Crippen molar-refractivity contribution < 1.29 is 9.18 Å². The third-order valence-electron chi connectivity index (χ3n) is 2.20. The van der Waals surface area contributed by atoms with E-state index in [1.165, 1.54) is 18.2 Å². The normalized spacial score (nSPS) is 9.72. The maximum atomic E-state index is 12.9. The largest absolute Gasteiger partial charge is 0.351 e. The molecule has 18 heavy (non-hydrogen) atoms. The van der Waals surface area contributed by atoms with E-state index in [0.717, 1.165) is 13.0 Å². The van der Waals surface area contributed by atoms with E-state index in [0.29, 0.717) is 18.7 Å². The second-order valence-corrected chi connectivity index (χ2v) is 4.04. The van der Waals surface area contributed by atoms with Gasteiger partial charge in [0, 0.05) is 18.7 Å². The molecule has 0 aliphatic heterocycles. The van der Waals surface area contributed by atoms with Crippen LogP contribution in [0, 0.1) is 5.82 Å². The second-order valence-electron chi connectivity index (χ2n) is 3.63. The first-order valence-electron chi connectivity index (χ1n) is 5.59. The lowest BCUT2D eigenvalue weighted by Crippen LogP contribution is -2.32. The Hall–Kier alpha value is -0.840. The molecule has 0 saturated carbocycles. The second kappa shape index (κ2) is 9.14. The van der Waals surface area contributed by atoms with Crippen molar-refractivity contribution in [1.82, 2.24) is 10.6 Å². The fourth-order valence-corrected chi connectivity index (χ4v) is 1.49. The molecule has 0 spiro atoms. The standard InChI is InChI=1S/C12H16ClFN2O.ClH/c1-2-5-15-6-7-16-12(17)9-3-4-11(14)10(13)8-9;/h3-4,8,15H,2,5-7H2,1H3,(H,16,17);1H. The van der Waals surface area contributed by atoms with Crippen molar-refractivity contribution in [2.24, 2.45) is 0 Å². The molecule has 0 radical (unpaired) electrons. The molecule has 102 valence electrons. The Morgan fingerprint density at radius 2 is 2.06 bits per heavy atom. The number of rotatable bonds is 6. The van der Waals surface area contributed by atoms with Crippen LogP contribution in [0.3, 0.4) is 0 Å². The Morgan fingerprint density at radius 1 is 1.33 bits per heavy atom. The Balaban J connectivity index is 0.00000289. The molecular weight excluding hydrogens is 278 g/mol. The average Bonchev–Trinajstić information content (AvgIpc) is 2.32. The predicted octanol–water partition coefficient (Wildman–Crippen LogP) is 2.63. The van der Waals surface area contributed by atoms with Crippen LogP contribution in [0.2, 0.25) is 5.02 Å². The van der Waals surface area contributed by atoms with E-state index in [1.807, 2.05) is 0 Å². The van der Waals surface area contributed by atoms with Crippen molar-refractivity contribution in [1.29, 1.82) is 0 Å². The summed E-state index contributed by atoms with van der Waals surface area (Å²) in [7, 11) is 0. The number of benzene rings is 1. The smallest absolute Gasteiger partial charge is 0.251 e. The van der Waals surface area contributed by atoms with Crippen molar-refractivity contribution in [2.75, 3.05) is 19.6 Å². The van der Waals surface area contributed by atoms with Gasteiger partial charge in [-0.25, -0.2) is 4.39 Å². The summed E-state index contributed by atoms with van der Waals surface area (Å²) in [5.41, 5.74) is 0.367. The molecule has 0 fully saturated rings. The van der Waals surface area contributed by atoms with Crippen molar-refractivity contribution in [3.8, 4) is 0 Å². The van der Waals surface area contributed by atoms with Gasteiger partial charge in [0.25, 0.3) is 5.91 Å². The monoisotopic (exact) mass is 294 g/mol. The van der Waals surface area contributed by atoms with E-state index in [1.54, 1.807) is 0 Å². The third kappa shape index (κ3) is 5.67. The summed E-state index contributed by atoms with van der Waals surface area (Å²) in [6.45, 7) is 4.26. The van der Waals surface area contributed by atoms with Crippen LogP contribution in [0.5, 0.6) is 0 Å². The Kier molecular flexibility index (Phi) is 8.71. The minimum Gasteiger partial charge on any atom is -0.351 e. The van der Waals surface area contributed by atoms with Gasteiger partial charge >= 0.3 is 0 Å². The van der Waals surface area contributed by atoms with Gasteiger partial charge in [0.15, 0.2) is 0 Å². The Morgan fingerprint density at radius 3 is 2.67 bits per heavy atom. The molecule has 1 rings (SSSR count). The van der Waals surface area contributed by atoms with E-state index in [4.69, 9.17) is 11.6 Å². The molecule has 0 aromatic heterocycles. The van der Waals surface area contributed by atoms with Crippen LogP contribution in [-0.4, -0.2) is 25.5 Å². The molecule has 0 unspecified atom stereocenters. The fourth-order valence-electron chi connectivity index (χ4n) is 1.31. The first-order chi connectivity index (χ1) is 8.15. The van der Waals surface area contributed by atoms with Crippen LogP contribution in [0.1, 0.15) is 23.7 Å². The lowest BCUT2D eigenvalue weighted by atomic mass is 10.2. The van der Waals surface area contributed by atoms with Crippen LogP contribution in [0.15, 0.2) is 18.2 Å². The molecule has 0 bridgehead atoms. The van der Waals surface area contributed by atoms with Crippen LogP contribution in [0.25, 0.3) is 0 Å². The topological polar surface area (TPSA) is 41.1 Å². The summed E-state index contributed by atoms with van der Waals surface area (Å²) >= 11 is 5.59. The van der Waals surface area contributed by atoms with Crippen LogP contribution in [0.4, 0.5) is 4.39 Å². The summed E-state index contributed by atoms with van der Waals surface area (Å²) in [5.74, 6) is -0.766. The SMILES string of the molecule is CCCNCCNC(=O)c1ccc(F)c(Cl)c1.Cl. The number of carbonyl (C=O) groups excluding carboxylic acids is 1. The highest BCUT2D eigenvalue weighted by Gasteiger charge is 2.07. The Labute approximate surface area is 118 Å². The lowest BCUT2D eigenvalue weighted by molar-refractivity contribution is 0.0954. The molecule has 2 N–H and O–H groups in total. The highest BCUT2D eigenvalue weighted by atomic mass is 35.5. The number of nitrogens with one attached hydrogen (secondary N) is 2. The van der Waals surface area contributed by atoms with Crippen molar-refractivity contribution >= 4 is 29.9 Å². The highest BCUT2D eigenvalue weighted by Crippen LogP contribution is 2.15. The van der Waals surface area contributed by atoms with E-state index in [-0.39, 0.29) is 23.3 Å². The third-order valence-corrected chi connectivity index (χ3v) is 2.49. The number of halogens is 3. The summed E-state index contributed by atoms with van der Waals surface area (Å²) in [6.07, 6.45) is 1.06. The van der Waals surface area contributed by atoms with Gasteiger partial charge in [-0.2, -0.15) is 0 Å². The molecule has 6 heteroatoms. The number of hydrogen-bond donors (Lipinski definition) is 2. The number of hydrogen-bond acceptors (Lipinski definition) is 2. The molecule has 0 heterocycles. The molecule has 3 nitrogen and oxygen atoms in total. The highest BCUT2D eigenvalue weighted by molar-refractivity contribution is 6.31. The zero-order chi connectivity index (χ0) is 12.7. The maximum Gasteiger partial charge on any atom is 0.251 e. The van der Waals surface area contributed by atoms with Crippen LogP contribution in [-0.2, 0) is 0 Å². The zero-order valence-corrected chi connectivity index (χ0v) is 11.7. The van der Waals surface area contributed by atoms with E-state index in [9.17, 15) is 9.18 Å². The molecule has 1 amide bonds. The van der Waals surface area contributed by atoms with Crippen LogP contribution >= 0.6 is 24.0 Å². The average molecular weight is 295 g/mol. The molecular formula is C12H17Cl2FN2O. The van der Waals surface area contributed by atoms with Gasteiger partial charge in [-0.3, -0.25) is 4.79 Å². The van der Waals surface area contributed by atoms with Gasteiger partial charge in [0.1, 0.15) is 5.82 Å². The fraction of sp³-hybridized carbons (Fsp3) is 0.417. The minimum atomic E-state index is -0.521. The maximum absolute atomic E-state index is 12.9. The van der Waals surface area contributed by atoms with Crippen molar-refractivity contribution in [3.05, 3.63) is 34.6 Å². The van der Waals surface area contributed by atoms with E-state index >= 15 is 0 Å². The molecule has 1 aromatic rings. The summed E-state index contributed by atoms with van der Waals surface area (Å²) < 4.78 is 12.9. The van der Waals surface area contributed by atoms with E-state index < -0.39 is 5.82 Å². The van der Waals surface area contributed by atoms with Gasteiger partial charge in [0.05, 0.1) is 5.02 Å². The van der Waals surface area contributed by atoms with Gasteiger partial charge < -0.3 is 10.6 Å². The number of carbonyl (C=O) groups is 1. The van der Waals surface area contributed by atoms with E-state index in [2.05, 4.69) is 17.6 Å². The van der Waals surface area contributed by atoms with Crippen molar-refractivity contribution in [3.63, 3.8) is 0 Å². The summed E-state index contributed by atoms with van der Waals surface area (Å²) in [5, 5.41) is 5.84. The van der Waals surface area contributed by atoms with Gasteiger partial charge in [-0.1, -0.05) is 18.5 Å². The molecule has 1 aromatic carbocycles. The predicted molar refractivity (Wildman–Crippen MR) is 74.2 cm³/mol. The van der Waals surface area contributed by atoms with Crippen LogP contribution < -0.4 is 10.6 Å². The van der Waals surface area contributed by atoms with Gasteiger partial charge in [0.2, 0.25) is 0 Å². The first-order valence-corrected chi connectivity index (χ1v) is 5.97. The minimum absolute atomic E-state index is 0. The lowest BCUT2D eigenvalue weighted by Gasteiger charge is -2.06. The summed E-state index contributed by atoms with van der Waals surface area (Å²) in [6, 6.07) is 3.92. The number of amides is 1. The molecule has 0 aliphatic carbocycles. The van der Waals surface area contributed by atoms with Gasteiger partial charge in [-0.05, 0) is 31.2 Å². The van der Waals surface area contributed by atoms with Crippen molar-refractivity contribution in [2.45, 2.75) is 13.3 Å². The molecule has 0 atom stereocenters. The summed E-state index contributed by atoms with van der Waals surface area (Å²) in [4.78, 5) is 11.6. The van der Waals surface area contributed by atoms with Gasteiger partial charge in [-0.15, -0.1) is 12.4 Å². The molecule has 0 saturated heterocycles.